The van der Waals surface area contributed by atoms with Crippen LogP contribution < -0.4 is 25.7 Å². The predicted octanol–water partition coefficient (Wildman–Crippen LogP) is 3.45. The van der Waals surface area contributed by atoms with Gasteiger partial charge in [-0.25, -0.2) is 9.97 Å². The van der Waals surface area contributed by atoms with Crippen molar-refractivity contribution < 1.29 is 14.2 Å². The minimum atomic E-state index is 0.532. The molecule has 2 aromatic heterocycles. The lowest BCUT2D eigenvalue weighted by Crippen LogP contribution is -1.95. The Labute approximate surface area is 154 Å². The van der Waals surface area contributed by atoms with Crippen LogP contribution in [0.1, 0.15) is 4.88 Å². The highest BCUT2D eigenvalue weighted by Gasteiger charge is 2.17. The maximum atomic E-state index is 5.75. The van der Waals surface area contributed by atoms with E-state index < -0.39 is 0 Å². The molecule has 0 saturated carbocycles. The molecule has 0 radical (unpaired) electrons. The normalized spacial score (nSPS) is 9.92. The fourth-order valence-corrected chi connectivity index (χ4v) is 3.20. The van der Waals surface area contributed by atoms with E-state index in [4.69, 9.17) is 25.7 Å². The zero-order valence-electron chi connectivity index (χ0n) is 14.4. The second-order valence-electron chi connectivity index (χ2n) is 4.73. The fourth-order valence-electron chi connectivity index (χ4n) is 2.12. The number of aryl methyl sites for hydroxylation is 1. The number of ether oxygens (including phenoxy) is 3. The first-order valence-electron chi connectivity index (χ1n) is 7.18. The van der Waals surface area contributed by atoms with Crippen LogP contribution in [0.25, 0.3) is 11.3 Å². The Balaban J connectivity index is 0.000000316. The first-order chi connectivity index (χ1) is 12.0. The van der Waals surface area contributed by atoms with Crippen molar-refractivity contribution in [1.29, 1.82) is 0 Å². The van der Waals surface area contributed by atoms with Gasteiger partial charge in [-0.1, -0.05) is 0 Å². The van der Waals surface area contributed by atoms with Gasteiger partial charge >= 0.3 is 0 Å². The second-order valence-corrected chi connectivity index (χ2v) is 6.90. The Morgan fingerprint density at radius 2 is 1.56 bits per heavy atom. The molecule has 25 heavy (non-hydrogen) atoms. The zero-order valence-corrected chi connectivity index (χ0v) is 16.0. The Kier molecular flexibility index (Phi) is 6.43. The minimum absolute atomic E-state index is 0.532. The minimum Gasteiger partial charge on any atom is -0.496 e. The van der Waals surface area contributed by atoms with Gasteiger partial charge in [0.15, 0.2) is 21.8 Å². The molecule has 2 heterocycles. The van der Waals surface area contributed by atoms with Crippen molar-refractivity contribution in [3.8, 4) is 28.5 Å². The molecule has 3 rings (SSSR count). The lowest BCUT2D eigenvalue weighted by molar-refractivity contribution is 0.349. The molecule has 0 saturated heterocycles. The molecule has 4 N–H and O–H groups in total. The topological polar surface area (TPSA) is 106 Å². The molecule has 134 valence electrons. The third kappa shape index (κ3) is 4.52. The predicted molar refractivity (Wildman–Crippen MR) is 103 cm³/mol. The SMILES string of the molecule is COc1cc(OC)c(-c2nc(N)sc2C)cc1OC.Nc1nccs1. The van der Waals surface area contributed by atoms with Crippen LogP contribution in [0.3, 0.4) is 0 Å². The number of nitrogen functional groups attached to an aromatic ring is 2. The summed E-state index contributed by atoms with van der Waals surface area (Å²) in [6.45, 7) is 1.97. The lowest BCUT2D eigenvalue weighted by atomic mass is 10.1. The summed E-state index contributed by atoms with van der Waals surface area (Å²) in [7, 11) is 4.79. The standard InChI is InChI=1S/C13H16N2O3S.C3H4N2S/c1-7-12(15-13(14)19-7)8-5-10(17-3)11(18-4)6-9(8)16-2;4-3-5-1-2-6-3/h5-6H,1-4H3,(H2,14,15);1-2H,(H2,4,5). The number of hydrogen-bond donors (Lipinski definition) is 2. The van der Waals surface area contributed by atoms with E-state index in [1.165, 1.54) is 22.7 Å². The molecule has 0 atom stereocenters. The molecule has 0 unspecified atom stereocenters. The van der Waals surface area contributed by atoms with Crippen LogP contribution in [-0.2, 0) is 0 Å². The first kappa shape index (κ1) is 18.8. The van der Waals surface area contributed by atoms with Gasteiger partial charge < -0.3 is 25.7 Å². The molecule has 9 heteroatoms. The highest BCUT2D eigenvalue weighted by Crippen LogP contribution is 2.41. The molecule has 0 spiro atoms. The molecular formula is C16H20N4O3S2. The van der Waals surface area contributed by atoms with Gasteiger partial charge in [-0.05, 0) is 13.0 Å². The molecule has 0 amide bonds. The molecule has 0 aliphatic carbocycles. The summed E-state index contributed by atoms with van der Waals surface area (Å²) < 4.78 is 16.0. The van der Waals surface area contributed by atoms with Crippen LogP contribution in [0.4, 0.5) is 10.3 Å². The van der Waals surface area contributed by atoms with Crippen molar-refractivity contribution >= 4 is 32.9 Å². The number of thiazole rings is 2. The van der Waals surface area contributed by atoms with Crippen molar-refractivity contribution in [2.75, 3.05) is 32.8 Å². The van der Waals surface area contributed by atoms with Crippen LogP contribution in [0, 0.1) is 6.92 Å². The van der Waals surface area contributed by atoms with Gasteiger partial charge in [0.25, 0.3) is 0 Å². The molecule has 3 aromatic rings. The average molecular weight is 380 g/mol. The van der Waals surface area contributed by atoms with Crippen molar-refractivity contribution in [1.82, 2.24) is 9.97 Å². The molecule has 0 fully saturated rings. The summed E-state index contributed by atoms with van der Waals surface area (Å²) in [6.07, 6.45) is 1.68. The first-order valence-corrected chi connectivity index (χ1v) is 8.88. The van der Waals surface area contributed by atoms with Gasteiger partial charge in [0, 0.05) is 28.1 Å². The fraction of sp³-hybridized carbons (Fsp3) is 0.250. The average Bonchev–Trinajstić information content (AvgIpc) is 3.22. The monoisotopic (exact) mass is 380 g/mol. The summed E-state index contributed by atoms with van der Waals surface area (Å²) in [4.78, 5) is 9.08. The van der Waals surface area contributed by atoms with E-state index in [1.807, 2.05) is 18.4 Å². The van der Waals surface area contributed by atoms with Crippen LogP contribution >= 0.6 is 22.7 Å². The van der Waals surface area contributed by atoms with Crippen LogP contribution in [0.15, 0.2) is 23.7 Å². The van der Waals surface area contributed by atoms with Gasteiger partial charge in [-0.15, -0.1) is 22.7 Å². The van der Waals surface area contributed by atoms with Gasteiger partial charge in [0.1, 0.15) is 5.75 Å². The maximum Gasteiger partial charge on any atom is 0.180 e. The smallest absolute Gasteiger partial charge is 0.180 e. The number of nitrogens with two attached hydrogens (primary N) is 2. The number of anilines is 2. The number of aromatic nitrogens is 2. The summed E-state index contributed by atoms with van der Waals surface area (Å²) >= 11 is 2.89. The van der Waals surface area contributed by atoms with Gasteiger partial charge in [-0.2, -0.15) is 0 Å². The van der Waals surface area contributed by atoms with E-state index in [-0.39, 0.29) is 0 Å². The van der Waals surface area contributed by atoms with Crippen LogP contribution in [0.2, 0.25) is 0 Å². The molecular weight excluding hydrogens is 360 g/mol. The largest absolute Gasteiger partial charge is 0.496 e. The van der Waals surface area contributed by atoms with Crippen molar-refractivity contribution in [3.05, 3.63) is 28.6 Å². The Hall–Kier alpha value is -2.52. The third-order valence-electron chi connectivity index (χ3n) is 3.23. The summed E-state index contributed by atoms with van der Waals surface area (Å²) in [5.41, 5.74) is 12.6. The van der Waals surface area contributed by atoms with E-state index in [9.17, 15) is 0 Å². The van der Waals surface area contributed by atoms with Crippen LogP contribution in [-0.4, -0.2) is 31.3 Å². The van der Waals surface area contributed by atoms with Gasteiger partial charge in [-0.3, -0.25) is 0 Å². The van der Waals surface area contributed by atoms with Crippen LogP contribution in [0.5, 0.6) is 17.2 Å². The Bertz CT molecular complexity index is 819. The van der Waals surface area contributed by atoms with E-state index in [2.05, 4.69) is 9.97 Å². The lowest BCUT2D eigenvalue weighted by Gasteiger charge is -2.13. The number of methoxy groups -OCH3 is 3. The van der Waals surface area contributed by atoms with Gasteiger partial charge in [0.05, 0.1) is 27.0 Å². The molecule has 0 aliphatic rings. The molecule has 7 nitrogen and oxygen atoms in total. The van der Waals surface area contributed by atoms with E-state index in [0.717, 1.165) is 16.1 Å². The second kappa shape index (κ2) is 8.54. The highest BCUT2D eigenvalue weighted by atomic mass is 32.1. The van der Waals surface area contributed by atoms with E-state index >= 15 is 0 Å². The summed E-state index contributed by atoms with van der Waals surface area (Å²) in [5, 5.41) is 3.01. The molecule has 0 aliphatic heterocycles. The Morgan fingerprint density at radius 1 is 0.920 bits per heavy atom. The van der Waals surface area contributed by atoms with Crippen molar-refractivity contribution in [2.45, 2.75) is 6.92 Å². The molecule has 1 aromatic carbocycles. The van der Waals surface area contributed by atoms with Crippen molar-refractivity contribution in [2.24, 2.45) is 0 Å². The summed E-state index contributed by atoms with van der Waals surface area (Å²) in [5.74, 6) is 1.92. The number of benzene rings is 1. The Morgan fingerprint density at radius 3 is 1.96 bits per heavy atom. The van der Waals surface area contributed by atoms with Gasteiger partial charge in [0.2, 0.25) is 0 Å². The van der Waals surface area contributed by atoms with E-state index in [1.54, 1.807) is 33.6 Å². The highest BCUT2D eigenvalue weighted by molar-refractivity contribution is 7.15. The number of nitrogens with zero attached hydrogens (tertiary/aromatic N) is 2. The molecule has 0 bridgehead atoms. The summed E-state index contributed by atoms with van der Waals surface area (Å²) in [6, 6.07) is 3.63. The quantitative estimate of drug-likeness (QED) is 0.714. The zero-order chi connectivity index (χ0) is 18.4. The van der Waals surface area contributed by atoms with E-state index in [0.29, 0.717) is 27.5 Å². The maximum absolute atomic E-state index is 5.75. The third-order valence-corrected chi connectivity index (χ3v) is 4.63. The number of hydrogen-bond acceptors (Lipinski definition) is 9. The number of rotatable bonds is 4. The van der Waals surface area contributed by atoms with Crippen molar-refractivity contribution in [3.63, 3.8) is 0 Å².